The van der Waals surface area contributed by atoms with Gasteiger partial charge in [-0.1, -0.05) is 0 Å². The number of benzene rings is 1. The Bertz CT molecular complexity index is 698. The number of nitrogens with one attached hydrogen (secondary N) is 1. The van der Waals surface area contributed by atoms with E-state index in [1.807, 2.05) is 27.7 Å². The van der Waals surface area contributed by atoms with Crippen molar-refractivity contribution in [2.75, 3.05) is 0 Å². The van der Waals surface area contributed by atoms with E-state index in [9.17, 15) is 19.2 Å². The smallest absolute Gasteiger partial charge is 0.320 e. The van der Waals surface area contributed by atoms with E-state index < -0.39 is 12.1 Å². The van der Waals surface area contributed by atoms with Crippen LogP contribution in [0.5, 0.6) is 0 Å². The minimum atomic E-state index is -0.938. The molecule has 9 nitrogen and oxygen atoms in total. The number of aliphatic imine (C=N–C) groups is 2. The first-order valence-corrected chi connectivity index (χ1v) is 7.18. The van der Waals surface area contributed by atoms with Crippen molar-refractivity contribution in [1.82, 2.24) is 5.32 Å². The van der Waals surface area contributed by atoms with Crippen molar-refractivity contribution in [1.29, 1.82) is 0 Å². The maximum atomic E-state index is 10.3. The summed E-state index contributed by atoms with van der Waals surface area (Å²) in [5.41, 5.74) is 15.3. The topological polar surface area (TPSA) is 157 Å². The van der Waals surface area contributed by atoms with Crippen LogP contribution in [0.4, 0.5) is 9.59 Å². The predicted molar refractivity (Wildman–Crippen MR) is 91.3 cm³/mol. The Kier molecular flexibility index (Phi) is 9.11. The molecule has 0 saturated carbocycles. The number of imide groups is 1. The minimum Gasteiger partial charge on any atom is -0.351 e. The molecule has 0 saturated heterocycles. The van der Waals surface area contributed by atoms with Gasteiger partial charge in [0.2, 0.25) is 12.2 Å². The standard InChI is InChI=1S/C14H16N2O2.C2H5N3O2/c1-9-10(2)12(4)14(6-16-8-18)13(11(9)3)5-15-7-17;3-1(6)5-2(4)7/h5-6H2,1-4H3;(H5,3,4,5,6,7). The normalized spacial score (nSPS) is 8.96. The van der Waals surface area contributed by atoms with Crippen molar-refractivity contribution >= 4 is 24.2 Å². The molecule has 1 rings (SSSR count). The van der Waals surface area contributed by atoms with Crippen LogP contribution in [0.1, 0.15) is 33.4 Å². The second-order valence-corrected chi connectivity index (χ2v) is 5.13. The number of urea groups is 2. The summed E-state index contributed by atoms with van der Waals surface area (Å²) in [5.74, 6) is 0. The van der Waals surface area contributed by atoms with Crippen LogP contribution >= 0.6 is 0 Å². The first-order valence-electron chi connectivity index (χ1n) is 7.18. The second kappa shape index (κ2) is 10.5. The van der Waals surface area contributed by atoms with Gasteiger partial charge in [0.25, 0.3) is 0 Å². The van der Waals surface area contributed by atoms with Crippen molar-refractivity contribution in [3.05, 3.63) is 33.4 Å². The third kappa shape index (κ3) is 6.78. The summed E-state index contributed by atoms with van der Waals surface area (Å²) in [6.45, 7) is 8.62. The maximum absolute atomic E-state index is 10.3. The third-order valence-corrected chi connectivity index (χ3v) is 3.81. The van der Waals surface area contributed by atoms with Gasteiger partial charge in [0.15, 0.2) is 0 Å². The molecule has 0 fully saturated rings. The molecule has 0 heterocycles. The van der Waals surface area contributed by atoms with Crippen LogP contribution in [0.2, 0.25) is 0 Å². The largest absolute Gasteiger partial charge is 0.351 e. The second-order valence-electron chi connectivity index (χ2n) is 5.13. The summed E-state index contributed by atoms with van der Waals surface area (Å²) < 4.78 is 0. The minimum absolute atomic E-state index is 0.279. The number of amides is 4. The number of hydrogen-bond acceptors (Lipinski definition) is 6. The molecule has 0 radical (unpaired) electrons. The lowest BCUT2D eigenvalue weighted by Gasteiger charge is -2.18. The van der Waals surface area contributed by atoms with E-state index in [-0.39, 0.29) is 13.1 Å². The number of nitrogens with two attached hydrogens (primary N) is 2. The molecule has 25 heavy (non-hydrogen) atoms. The highest BCUT2D eigenvalue weighted by Crippen LogP contribution is 2.27. The van der Waals surface area contributed by atoms with Crippen LogP contribution in [0.15, 0.2) is 9.98 Å². The van der Waals surface area contributed by atoms with E-state index in [0.29, 0.717) is 0 Å². The van der Waals surface area contributed by atoms with Gasteiger partial charge in [-0.25, -0.2) is 29.2 Å². The van der Waals surface area contributed by atoms with Gasteiger partial charge in [-0.05, 0) is 61.1 Å². The molecular formula is C16H21N5O4. The van der Waals surface area contributed by atoms with E-state index in [0.717, 1.165) is 22.3 Å². The molecule has 134 valence electrons. The summed E-state index contributed by atoms with van der Waals surface area (Å²) in [4.78, 5) is 47.1. The van der Waals surface area contributed by atoms with Gasteiger partial charge >= 0.3 is 12.1 Å². The zero-order valence-electron chi connectivity index (χ0n) is 14.6. The molecule has 0 atom stereocenters. The average Bonchev–Trinajstić information content (AvgIpc) is 2.53. The van der Waals surface area contributed by atoms with Crippen molar-refractivity contribution in [3.8, 4) is 0 Å². The van der Waals surface area contributed by atoms with E-state index in [1.54, 1.807) is 17.5 Å². The summed E-state index contributed by atoms with van der Waals surface area (Å²) >= 11 is 0. The average molecular weight is 347 g/mol. The van der Waals surface area contributed by atoms with Crippen LogP contribution in [-0.2, 0) is 22.7 Å². The number of isocyanates is 2. The third-order valence-electron chi connectivity index (χ3n) is 3.81. The van der Waals surface area contributed by atoms with Gasteiger partial charge in [-0.15, -0.1) is 0 Å². The summed E-state index contributed by atoms with van der Waals surface area (Å²) in [7, 11) is 0. The van der Waals surface area contributed by atoms with Crippen molar-refractivity contribution in [3.63, 3.8) is 0 Å². The van der Waals surface area contributed by atoms with E-state index in [1.165, 1.54) is 11.1 Å². The molecule has 1 aromatic carbocycles. The molecule has 0 aliphatic rings. The Morgan fingerprint density at radius 2 is 1.12 bits per heavy atom. The Morgan fingerprint density at radius 1 is 0.800 bits per heavy atom. The van der Waals surface area contributed by atoms with E-state index >= 15 is 0 Å². The van der Waals surface area contributed by atoms with Crippen LogP contribution in [0.25, 0.3) is 0 Å². The molecule has 1 aromatic rings. The summed E-state index contributed by atoms with van der Waals surface area (Å²) in [6, 6.07) is -1.88. The SMILES string of the molecule is Cc1c(C)c(C)c(CN=C=O)c(CN=C=O)c1C.NC(=O)NC(N)=O. The van der Waals surface area contributed by atoms with E-state index in [2.05, 4.69) is 21.5 Å². The number of nitrogens with zero attached hydrogens (tertiary/aromatic N) is 2. The molecular weight excluding hydrogens is 326 g/mol. The molecule has 9 heteroatoms. The lowest BCUT2D eigenvalue weighted by Crippen LogP contribution is -2.38. The lowest BCUT2D eigenvalue weighted by molar-refractivity contribution is 0.236. The lowest BCUT2D eigenvalue weighted by atomic mass is 9.89. The van der Waals surface area contributed by atoms with Gasteiger partial charge < -0.3 is 11.5 Å². The number of hydrogen-bond donors (Lipinski definition) is 3. The molecule has 0 aliphatic heterocycles. The zero-order chi connectivity index (χ0) is 19.6. The van der Waals surface area contributed by atoms with Crippen LogP contribution in [0, 0.1) is 27.7 Å². The zero-order valence-corrected chi connectivity index (χ0v) is 14.6. The number of primary amides is 2. The fourth-order valence-electron chi connectivity index (χ4n) is 2.24. The summed E-state index contributed by atoms with van der Waals surface area (Å²) in [6.07, 6.45) is 3.09. The van der Waals surface area contributed by atoms with Crippen LogP contribution in [-0.4, -0.2) is 24.2 Å². The van der Waals surface area contributed by atoms with Gasteiger partial charge in [0.05, 0.1) is 13.1 Å². The first kappa shape index (κ1) is 21.7. The van der Waals surface area contributed by atoms with Gasteiger partial charge in [-0.2, -0.15) is 0 Å². The number of carbonyl (C=O) groups excluding carboxylic acids is 4. The predicted octanol–water partition coefficient (Wildman–Crippen LogP) is 1.33. The maximum Gasteiger partial charge on any atom is 0.320 e. The fraction of sp³-hybridized carbons (Fsp3) is 0.375. The van der Waals surface area contributed by atoms with Crippen LogP contribution < -0.4 is 16.8 Å². The van der Waals surface area contributed by atoms with Crippen molar-refractivity contribution in [2.45, 2.75) is 40.8 Å². The Labute approximate surface area is 145 Å². The highest BCUT2D eigenvalue weighted by Gasteiger charge is 2.14. The molecule has 0 bridgehead atoms. The molecule has 5 N–H and O–H groups in total. The van der Waals surface area contributed by atoms with Crippen molar-refractivity contribution in [2.24, 2.45) is 21.5 Å². The first-order chi connectivity index (χ1) is 11.7. The van der Waals surface area contributed by atoms with Gasteiger partial charge in [0, 0.05) is 0 Å². The molecule has 0 unspecified atom stereocenters. The number of carbonyl (C=O) groups is 2. The van der Waals surface area contributed by atoms with Gasteiger partial charge in [0.1, 0.15) is 0 Å². The van der Waals surface area contributed by atoms with Crippen LogP contribution in [0.3, 0.4) is 0 Å². The Hall–Kier alpha value is -3.28. The molecule has 0 spiro atoms. The quantitative estimate of drug-likeness (QED) is 0.554. The van der Waals surface area contributed by atoms with E-state index in [4.69, 9.17) is 0 Å². The molecule has 4 amide bonds. The van der Waals surface area contributed by atoms with Crippen molar-refractivity contribution < 1.29 is 19.2 Å². The fourth-order valence-corrected chi connectivity index (χ4v) is 2.24. The Balaban J connectivity index is 0.000000697. The number of rotatable bonds is 4. The highest BCUT2D eigenvalue weighted by molar-refractivity contribution is 5.91. The summed E-state index contributed by atoms with van der Waals surface area (Å²) in [5, 5.41) is 1.58. The molecule has 0 aliphatic carbocycles. The van der Waals surface area contributed by atoms with Gasteiger partial charge in [-0.3, -0.25) is 5.32 Å². The Morgan fingerprint density at radius 3 is 1.32 bits per heavy atom. The molecule has 0 aromatic heterocycles. The highest BCUT2D eigenvalue weighted by atomic mass is 16.2. The monoisotopic (exact) mass is 347 g/mol.